The molecule has 21 heavy (non-hydrogen) atoms. The first-order valence-electron chi connectivity index (χ1n) is 7.16. The SMILES string of the molecule is Cc1ccc(-c2nccc(N3CCN(C)CC3)n2)cc1F. The molecular formula is C16H19FN4. The summed E-state index contributed by atoms with van der Waals surface area (Å²) >= 11 is 0. The summed E-state index contributed by atoms with van der Waals surface area (Å²) in [7, 11) is 2.12. The van der Waals surface area contributed by atoms with E-state index in [2.05, 4.69) is 26.8 Å². The molecule has 0 saturated carbocycles. The van der Waals surface area contributed by atoms with Gasteiger partial charge in [-0.05, 0) is 31.7 Å². The topological polar surface area (TPSA) is 32.3 Å². The number of hydrogen-bond acceptors (Lipinski definition) is 4. The van der Waals surface area contributed by atoms with Gasteiger partial charge in [0.2, 0.25) is 0 Å². The number of rotatable bonds is 2. The number of aromatic nitrogens is 2. The van der Waals surface area contributed by atoms with Crippen LogP contribution >= 0.6 is 0 Å². The van der Waals surface area contributed by atoms with Crippen molar-refractivity contribution in [2.24, 2.45) is 0 Å². The Bertz CT molecular complexity index is 636. The van der Waals surface area contributed by atoms with Crippen LogP contribution in [-0.4, -0.2) is 48.1 Å². The molecule has 4 nitrogen and oxygen atoms in total. The molecule has 1 aromatic carbocycles. The van der Waals surface area contributed by atoms with E-state index in [1.54, 1.807) is 19.2 Å². The lowest BCUT2D eigenvalue weighted by atomic mass is 10.1. The maximum absolute atomic E-state index is 13.7. The maximum Gasteiger partial charge on any atom is 0.161 e. The second-order valence-electron chi connectivity index (χ2n) is 5.49. The summed E-state index contributed by atoms with van der Waals surface area (Å²) in [5, 5.41) is 0. The molecule has 0 bridgehead atoms. The quantitative estimate of drug-likeness (QED) is 0.848. The molecule has 5 heteroatoms. The van der Waals surface area contributed by atoms with E-state index in [-0.39, 0.29) is 5.82 Å². The monoisotopic (exact) mass is 286 g/mol. The van der Waals surface area contributed by atoms with Crippen molar-refractivity contribution >= 4 is 5.82 Å². The van der Waals surface area contributed by atoms with E-state index in [0.29, 0.717) is 17.0 Å². The van der Waals surface area contributed by atoms with Gasteiger partial charge in [-0.15, -0.1) is 0 Å². The molecule has 0 aliphatic carbocycles. The fraction of sp³-hybridized carbons (Fsp3) is 0.375. The standard InChI is InChI=1S/C16H19FN4/c1-12-3-4-13(11-14(12)17)16-18-6-5-15(19-16)21-9-7-20(2)8-10-21/h3-6,11H,7-10H2,1-2H3. The summed E-state index contributed by atoms with van der Waals surface area (Å²) in [6.07, 6.45) is 1.74. The zero-order valence-corrected chi connectivity index (χ0v) is 12.4. The van der Waals surface area contributed by atoms with Crippen molar-refractivity contribution < 1.29 is 4.39 Å². The Hall–Kier alpha value is -2.01. The number of halogens is 1. The third kappa shape index (κ3) is 3.03. The molecular weight excluding hydrogens is 267 g/mol. The van der Waals surface area contributed by atoms with E-state index in [4.69, 9.17) is 0 Å². The molecule has 0 amide bonds. The van der Waals surface area contributed by atoms with E-state index in [9.17, 15) is 4.39 Å². The van der Waals surface area contributed by atoms with Crippen LogP contribution in [0.15, 0.2) is 30.5 Å². The molecule has 0 spiro atoms. The van der Waals surface area contributed by atoms with Crippen molar-refractivity contribution in [2.45, 2.75) is 6.92 Å². The molecule has 0 unspecified atom stereocenters. The van der Waals surface area contributed by atoms with E-state index in [1.807, 2.05) is 12.1 Å². The fourth-order valence-corrected chi connectivity index (χ4v) is 2.43. The Labute approximate surface area is 124 Å². The van der Waals surface area contributed by atoms with Crippen molar-refractivity contribution in [3.8, 4) is 11.4 Å². The lowest BCUT2D eigenvalue weighted by Crippen LogP contribution is -2.44. The zero-order chi connectivity index (χ0) is 14.8. The normalized spacial score (nSPS) is 16.2. The van der Waals surface area contributed by atoms with Gasteiger partial charge in [-0.1, -0.05) is 12.1 Å². The number of aryl methyl sites for hydroxylation is 1. The van der Waals surface area contributed by atoms with Crippen LogP contribution in [0.4, 0.5) is 10.2 Å². The largest absolute Gasteiger partial charge is 0.354 e. The average Bonchev–Trinajstić information content (AvgIpc) is 2.51. The molecule has 1 saturated heterocycles. The van der Waals surface area contributed by atoms with Crippen molar-refractivity contribution in [2.75, 3.05) is 38.1 Å². The summed E-state index contributed by atoms with van der Waals surface area (Å²) < 4.78 is 13.7. The number of likely N-dealkylation sites (N-methyl/N-ethyl adjacent to an activating group) is 1. The Morgan fingerprint density at radius 2 is 1.86 bits per heavy atom. The van der Waals surface area contributed by atoms with E-state index in [1.165, 1.54) is 6.07 Å². The third-order valence-electron chi connectivity index (χ3n) is 3.90. The molecule has 1 aliphatic rings. The summed E-state index contributed by atoms with van der Waals surface area (Å²) in [5.41, 5.74) is 1.35. The highest BCUT2D eigenvalue weighted by Gasteiger charge is 2.16. The first-order chi connectivity index (χ1) is 10.1. The summed E-state index contributed by atoms with van der Waals surface area (Å²) in [4.78, 5) is 13.4. The van der Waals surface area contributed by atoms with Crippen LogP contribution in [0.25, 0.3) is 11.4 Å². The molecule has 3 rings (SSSR count). The lowest BCUT2D eigenvalue weighted by molar-refractivity contribution is 0.312. The number of nitrogens with zero attached hydrogens (tertiary/aromatic N) is 4. The molecule has 1 fully saturated rings. The zero-order valence-electron chi connectivity index (χ0n) is 12.4. The smallest absolute Gasteiger partial charge is 0.161 e. The molecule has 0 atom stereocenters. The molecule has 1 aromatic heterocycles. The van der Waals surface area contributed by atoms with Gasteiger partial charge in [0, 0.05) is 37.9 Å². The van der Waals surface area contributed by atoms with Gasteiger partial charge in [-0.3, -0.25) is 0 Å². The van der Waals surface area contributed by atoms with Gasteiger partial charge >= 0.3 is 0 Å². The van der Waals surface area contributed by atoms with Crippen molar-refractivity contribution in [3.05, 3.63) is 41.8 Å². The Kier molecular flexibility index (Phi) is 3.84. The predicted molar refractivity (Wildman–Crippen MR) is 81.9 cm³/mol. The minimum Gasteiger partial charge on any atom is -0.354 e. The number of piperazine rings is 1. The first-order valence-corrected chi connectivity index (χ1v) is 7.16. The minimum absolute atomic E-state index is 0.221. The van der Waals surface area contributed by atoms with Gasteiger partial charge in [0.1, 0.15) is 11.6 Å². The Morgan fingerprint density at radius 1 is 1.10 bits per heavy atom. The van der Waals surface area contributed by atoms with E-state index < -0.39 is 0 Å². The van der Waals surface area contributed by atoms with E-state index >= 15 is 0 Å². The highest BCUT2D eigenvalue weighted by atomic mass is 19.1. The lowest BCUT2D eigenvalue weighted by Gasteiger charge is -2.33. The maximum atomic E-state index is 13.7. The average molecular weight is 286 g/mol. The van der Waals surface area contributed by atoms with Crippen molar-refractivity contribution in [1.29, 1.82) is 0 Å². The first kappa shape index (κ1) is 13.9. The Morgan fingerprint density at radius 3 is 2.57 bits per heavy atom. The third-order valence-corrected chi connectivity index (χ3v) is 3.90. The number of anilines is 1. The summed E-state index contributed by atoms with van der Waals surface area (Å²) in [5.74, 6) is 1.26. The molecule has 1 aliphatic heterocycles. The Balaban J connectivity index is 1.87. The van der Waals surface area contributed by atoms with Gasteiger partial charge in [-0.2, -0.15) is 0 Å². The van der Waals surface area contributed by atoms with E-state index in [0.717, 1.165) is 32.0 Å². The second kappa shape index (κ2) is 5.77. The van der Waals surface area contributed by atoms with Crippen LogP contribution < -0.4 is 4.90 Å². The van der Waals surface area contributed by atoms with Crippen LogP contribution in [0.5, 0.6) is 0 Å². The van der Waals surface area contributed by atoms with Crippen molar-refractivity contribution in [3.63, 3.8) is 0 Å². The number of benzene rings is 1. The van der Waals surface area contributed by atoms with Gasteiger partial charge < -0.3 is 9.80 Å². The highest BCUT2D eigenvalue weighted by Crippen LogP contribution is 2.21. The van der Waals surface area contributed by atoms with Crippen LogP contribution in [0.3, 0.4) is 0 Å². The summed E-state index contributed by atoms with van der Waals surface area (Å²) in [6, 6.07) is 7.04. The van der Waals surface area contributed by atoms with Crippen molar-refractivity contribution in [1.82, 2.24) is 14.9 Å². The molecule has 2 aromatic rings. The van der Waals surface area contributed by atoms with Crippen LogP contribution in [0, 0.1) is 12.7 Å². The molecule has 2 heterocycles. The highest BCUT2D eigenvalue weighted by molar-refractivity contribution is 5.58. The summed E-state index contributed by atoms with van der Waals surface area (Å²) in [6.45, 7) is 5.71. The van der Waals surface area contributed by atoms with Gasteiger partial charge in [0.05, 0.1) is 0 Å². The van der Waals surface area contributed by atoms with Gasteiger partial charge in [0.15, 0.2) is 5.82 Å². The molecule has 0 N–H and O–H groups in total. The van der Waals surface area contributed by atoms with Crippen LogP contribution in [-0.2, 0) is 0 Å². The number of hydrogen-bond donors (Lipinski definition) is 0. The molecule has 0 radical (unpaired) electrons. The second-order valence-corrected chi connectivity index (χ2v) is 5.49. The minimum atomic E-state index is -0.221. The predicted octanol–water partition coefficient (Wildman–Crippen LogP) is 2.34. The van der Waals surface area contributed by atoms with Gasteiger partial charge in [-0.25, -0.2) is 14.4 Å². The van der Waals surface area contributed by atoms with Gasteiger partial charge in [0.25, 0.3) is 0 Å². The van der Waals surface area contributed by atoms with Crippen LogP contribution in [0.1, 0.15) is 5.56 Å². The van der Waals surface area contributed by atoms with Crippen LogP contribution in [0.2, 0.25) is 0 Å². The molecule has 110 valence electrons. The fourth-order valence-electron chi connectivity index (χ4n) is 2.43.